The van der Waals surface area contributed by atoms with Crippen molar-refractivity contribution in [3.8, 4) is 22.6 Å². The van der Waals surface area contributed by atoms with Crippen LogP contribution in [0, 0.1) is 6.07 Å². The first-order valence-corrected chi connectivity index (χ1v) is 6.65. The highest BCUT2D eigenvalue weighted by atomic mass is 16.5. The Balaban J connectivity index is 2.03. The SMILES string of the molecule is Cn1cc(-c2[c]cccc2Oc2ccccc2)ccc1=O. The van der Waals surface area contributed by atoms with Crippen molar-refractivity contribution < 1.29 is 4.74 Å². The largest absolute Gasteiger partial charge is 0.457 e. The van der Waals surface area contributed by atoms with Gasteiger partial charge in [-0.2, -0.15) is 0 Å². The number of hydrogen-bond donors (Lipinski definition) is 0. The van der Waals surface area contributed by atoms with Crippen LogP contribution in [-0.4, -0.2) is 4.57 Å². The lowest BCUT2D eigenvalue weighted by Crippen LogP contribution is -2.13. The first kappa shape index (κ1) is 13.2. The van der Waals surface area contributed by atoms with Crippen LogP contribution in [-0.2, 0) is 7.05 Å². The third-order valence-corrected chi connectivity index (χ3v) is 3.16. The molecule has 0 unspecified atom stereocenters. The fourth-order valence-corrected chi connectivity index (χ4v) is 2.09. The second-order valence-corrected chi connectivity index (χ2v) is 4.69. The quantitative estimate of drug-likeness (QED) is 0.731. The lowest BCUT2D eigenvalue weighted by molar-refractivity contribution is 0.484. The number of rotatable bonds is 3. The van der Waals surface area contributed by atoms with Crippen molar-refractivity contribution in [2.45, 2.75) is 0 Å². The van der Waals surface area contributed by atoms with Crippen LogP contribution < -0.4 is 10.3 Å². The van der Waals surface area contributed by atoms with E-state index in [1.54, 1.807) is 29.9 Å². The highest BCUT2D eigenvalue weighted by Crippen LogP contribution is 2.32. The third kappa shape index (κ3) is 2.87. The van der Waals surface area contributed by atoms with Crippen molar-refractivity contribution in [1.82, 2.24) is 4.57 Å². The summed E-state index contributed by atoms with van der Waals surface area (Å²) in [7, 11) is 1.73. The van der Waals surface area contributed by atoms with Gasteiger partial charge in [-0.3, -0.25) is 4.79 Å². The standard InChI is InChI=1S/C18H14NO2/c1-19-13-14(11-12-18(19)20)16-9-5-6-10-17(16)21-15-7-3-2-4-8-15/h2-8,10-13H,1H3. The van der Waals surface area contributed by atoms with Crippen LogP contribution in [0.4, 0.5) is 0 Å². The number of benzene rings is 2. The Hall–Kier alpha value is -2.81. The Bertz CT molecular complexity index is 807. The van der Waals surface area contributed by atoms with Gasteiger partial charge in [-0.25, -0.2) is 0 Å². The molecule has 0 aliphatic carbocycles. The summed E-state index contributed by atoms with van der Waals surface area (Å²) < 4.78 is 7.46. The van der Waals surface area contributed by atoms with Gasteiger partial charge in [0.05, 0.1) is 0 Å². The van der Waals surface area contributed by atoms with E-state index in [1.165, 1.54) is 0 Å². The number of para-hydroxylation sites is 1. The summed E-state index contributed by atoms with van der Waals surface area (Å²) in [5.41, 5.74) is 1.68. The summed E-state index contributed by atoms with van der Waals surface area (Å²) in [4.78, 5) is 11.5. The molecule has 0 spiro atoms. The molecule has 103 valence electrons. The van der Waals surface area contributed by atoms with Gasteiger partial charge in [-0.15, -0.1) is 0 Å². The molecule has 1 aromatic heterocycles. The van der Waals surface area contributed by atoms with Gasteiger partial charge in [-0.1, -0.05) is 30.3 Å². The normalized spacial score (nSPS) is 10.3. The van der Waals surface area contributed by atoms with Crippen LogP contribution >= 0.6 is 0 Å². The van der Waals surface area contributed by atoms with E-state index in [0.29, 0.717) is 5.75 Å². The summed E-state index contributed by atoms with van der Waals surface area (Å²) in [6.45, 7) is 0. The summed E-state index contributed by atoms with van der Waals surface area (Å²) in [5, 5.41) is 0. The Labute approximate surface area is 123 Å². The van der Waals surface area contributed by atoms with Gasteiger partial charge in [0.1, 0.15) is 11.5 Å². The molecule has 3 aromatic rings. The molecule has 0 fully saturated rings. The number of pyridine rings is 1. The Morgan fingerprint density at radius 2 is 1.81 bits per heavy atom. The van der Waals surface area contributed by atoms with E-state index >= 15 is 0 Å². The highest BCUT2D eigenvalue weighted by molar-refractivity contribution is 5.69. The van der Waals surface area contributed by atoms with Gasteiger partial charge in [0.2, 0.25) is 5.56 Å². The summed E-state index contributed by atoms with van der Waals surface area (Å²) in [6, 6.07) is 21.7. The van der Waals surface area contributed by atoms with Gasteiger partial charge >= 0.3 is 0 Å². The predicted octanol–water partition coefficient (Wildman–Crippen LogP) is 3.64. The molecule has 3 rings (SSSR count). The van der Waals surface area contributed by atoms with Gasteiger partial charge in [0.25, 0.3) is 0 Å². The van der Waals surface area contributed by atoms with Crippen LogP contribution in [0.5, 0.6) is 11.5 Å². The van der Waals surface area contributed by atoms with E-state index in [4.69, 9.17) is 4.74 Å². The van der Waals surface area contributed by atoms with E-state index < -0.39 is 0 Å². The van der Waals surface area contributed by atoms with E-state index in [9.17, 15) is 4.79 Å². The Morgan fingerprint density at radius 1 is 1.00 bits per heavy atom. The fraction of sp³-hybridized carbons (Fsp3) is 0.0556. The van der Waals surface area contributed by atoms with Gasteiger partial charge < -0.3 is 9.30 Å². The number of hydrogen-bond acceptors (Lipinski definition) is 2. The summed E-state index contributed by atoms with van der Waals surface area (Å²) >= 11 is 0. The Morgan fingerprint density at radius 3 is 2.57 bits per heavy atom. The second kappa shape index (κ2) is 5.67. The molecule has 0 bridgehead atoms. The molecule has 0 aliphatic rings. The number of nitrogens with zero attached hydrogens (tertiary/aromatic N) is 1. The van der Waals surface area contributed by atoms with Gasteiger partial charge in [0.15, 0.2) is 0 Å². The van der Waals surface area contributed by atoms with Crippen LogP contribution in [0.3, 0.4) is 0 Å². The van der Waals surface area contributed by atoms with E-state index in [1.807, 2.05) is 48.5 Å². The van der Waals surface area contributed by atoms with Gasteiger partial charge in [-0.05, 0) is 30.3 Å². The smallest absolute Gasteiger partial charge is 0.250 e. The molecule has 0 saturated carbocycles. The van der Waals surface area contributed by atoms with E-state index in [2.05, 4.69) is 6.07 Å². The number of aromatic nitrogens is 1. The highest BCUT2D eigenvalue weighted by Gasteiger charge is 2.08. The summed E-state index contributed by atoms with van der Waals surface area (Å²) in [6.07, 6.45) is 1.78. The van der Waals surface area contributed by atoms with Crippen molar-refractivity contribution in [3.05, 3.63) is 83.3 Å². The molecule has 0 amide bonds. The van der Waals surface area contributed by atoms with Crippen molar-refractivity contribution in [2.24, 2.45) is 7.05 Å². The predicted molar refractivity (Wildman–Crippen MR) is 82.5 cm³/mol. The lowest BCUT2D eigenvalue weighted by Gasteiger charge is -2.11. The van der Waals surface area contributed by atoms with E-state index in [0.717, 1.165) is 16.9 Å². The molecule has 2 aromatic carbocycles. The molecule has 0 N–H and O–H groups in total. The molecule has 1 heterocycles. The van der Waals surface area contributed by atoms with Crippen molar-refractivity contribution in [3.63, 3.8) is 0 Å². The first-order valence-electron chi connectivity index (χ1n) is 6.65. The van der Waals surface area contributed by atoms with Crippen LogP contribution in [0.2, 0.25) is 0 Å². The molecular formula is C18H14NO2. The van der Waals surface area contributed by atoms with Crippen molar-refractivity contribution in [2.75, 3.05) is 0 Å². The third-order valence-electron chi connectivity index (χ3n) is 3.16. The monoisotopic (exact) mass is 276 g/mol. The molecule has 3 heteroatoms. The van der Waals surface area contributed by atoms with E-state index in [-0.39, 0.29) is 5.56 Å². The van der Waals surface area contributed by atoms with Crippen molar-refractivity contribution >= 4 is 0 Å². The van der Waals surface area contributed by atoms with Crippen LogP contribution in [0.25, 0.3) is 11.1 Å². The topological polar surface area (TPSA) is 31.2 Å². The maximum atomic E-state index is 11.5. The van der Waals surface area contributed by atoms with Crippen LogP contribution in [0.15, 0.2) is 71.7 Å². The fourth-order valence-electron chi connectivity index (χ4n) is 2.09. The minimum absolute atomic E-state index is 0.0415. The minimum Gasteiger partial charge on any atom is -0.457 e. The molecule has 0 saturated heterocycles. The maximum Gasteiger partial charge on any atom is 0.250 e. The summed E-state index contributed by atoms with van der Waals surface area (Å²) in [5.74, 6) is 1.48. The molecule has 3 nitrogen and oxygen atoms in total. The van der Waals surface area contributed by atoms with Gasteiger partial charge in [0, 0.05) is 30.4 Å². The molecular weight excluding hydrogens is 262 g/mol. The second-order valence-electron chi connectivity index (χ2n) is 4.69. The molecule has 0 atom stereocenters. The maximum absolute atomic E-state index is 11.5. The number of aryl methyl sites for hydroxylation is 1. The van der Waals surface area contributed by atoms with Crippen LogP contribution in [0.1, 0.15) is 0 Å². The average molecular weight is 276 g/mol. The molecule has 1 radical (unpaired) electrons. The zero-order valence-electron chi connectivity index (χ0n) is 11.6. The first-order chi connectivity index (χ1) is 10.2. The molecule has 21 heavy (non-hydrogen) atoms. The lowest BCUT2D eigenvalue weighted by atomic mass is 10.1. The Kier molecular flexibility index (Phi) is 3.56. The number of ether oxygens (including phenoxy) is 1. The minimum atomic E-state index is -0.0415. The van der Waals surface area contributed by atoms with Crippen molar-refractivity contribution in [1.29, 1.82) is 0 Å². The molecule has 0 aliphatic heterocycles. The average Bonchev–Trinajstić information content (AvgIpc) is 2.52. The zero-order valence-corrected chi connectivity index (χ0v) is 11.6. The zero-order chi connectivity index (χ0) is 14.7.